The van der Waals surface area contributed by atoms with Gasteiger partial charge in [-0.05, 0) is 54.6 Å². The fraction of sp³-hybridized carbons (Fsp3) is 0. The second-order valence-corrected chi connectivity index (χ2v) is 7.24. The monoisotopic (exact) mass is 470 g/mol. The molecule has 0 bridgehead atoms. The molecule has 10 heteroatoms. The molecule has 0 aliphatic heterocycles. The zero-order valence-electron chi connectivity index (χ0n) is 16.3. The van der Waals surface area contributed by atoms with E-state index >= 15 is 0 Å². The number of amides is 3. The van der Waals surface area contributed by atoms with Crippen molar-refractivity contribution in [2.24, 2.45) is 5.10 Å². The summed E-state index contributed by atoms with van der Waals surface area (Å²) in [5.41, 5.74) is 3.09. The molecule has 3 rings (SSSR count). The lowest BCUT2D eigenvalue weighted by Crippen LogP contribution is -2.33. The fourth-order valence-electron chi connectivity index (χ4n) is 2.54. The van der Waals surface area contributed by atoms with Crippen LogP contribution in [0, 0.1) is 0 Å². The number of para-hydroxylation sites is 1. The van der Waals surface area contributed by atoms with Gasteiger partial charge in [-0.1, -0.05) is 35.3 Å². The Balaban J connectivity index is 1.65. The number of carbonyl (C=O) groups is 3. The van der Waals surface area contributed by atoms with Gasteiger partial charge in [0, 0.05) is 21.3 Å². The number of hydrazone groups is 1. The third-order valence-corrected chi connectivity index (χ3v) is 4.57. The highest BCUT2D eigenvalue weighted by atomic mass is 35.5. The van der Waals surface area contributed by atoms with Crippen molar-refractivity contribution in [1.29, 1.82) is 0 Å². The Morgan fingerprint density at radius 3 is 2.28 bits per heavy atom. The number of phenols is 1. The van der Waals surface area contributed by atoms with Gasteiger partial charge < -0.3 is 15.7 Å². The molecule has 0 saturated carbocycles. The molecule has 0 fully saturated rings. The number of anilines is 2. The summed E-state index contributed by atoms with van der Waals surface area (Å²) >= 11 is 11.7. The summed E-state index contributed by atoms with van der Waals surface area (Å²) in [5.74, 6) is -2.70. The molecule has 0 heterocycles. The van der Waals surface area contributed by atoms with E-state index < -0.39 is 17.7 Å². The lowest BCUT2D eigenvalue weighted by atomic mass is 10.1. The zero-order valence-corrected chi connectivity index (χ0v) is 17.8. The van der Waals surface area contributed by atoms with Crippen LogP contribution in [0.2, 0.25) is 10.0 Å². The van der Waals surface area contributed by atoms with Crippen LogP contribution in [0.1, 0.15) is 15.9 Å². The summed E-state index contributed by atoms with van der Waals surface area (Å²) in [6, 6.07) is 17.0. The quantitative estimate of drug-likeness (QED) is 0.255. The molecular formula is C22H16Cl2N4O4. The van der Waals surface area contributed by atoms with Crippen molar-refractivity contribution >= 4 is 58.5 Å². The van der Waals surface area contributed by atoms with Crippen LogP contribution >= 0.6 is 23.2 Å². The topological polar surface area (TPSA) is 120 Å². The number of benzene rings is 3. The van der Waals surface area contributed by atoms with Crippen molar-refractivity contribution in [2.75, 3.05) is 10.6 Å². The van der Waals surface area contributed by atoms with Crippen LogP contribution in [0.15, 0.2) is 71.8 Å². The molecule has 0 unspecified atom stereocenters. The number of carbonyl (C=O) groups excluding carboxylic acids is 3. The minimum absolute atomic E-state index is 0.0996. The molecule has 162 valence electrons. The maximum Gasteiger partial charge on any atom is 0.329 e. The SMILES string of the molecule is O=C(NN=Cc1cc(Cl)ccc1O)C(=O)Nc1ccccc1C(=O)Nc1ccc(Cl)cc1. The smallest absolute Gasteiger partial charge is 0.329 e. The number of hydrogen-bond acceptors (Lipinski definition) is 5. The Morgan fingerprint density at radius 2 is 1.53 bits per heavy atom. The van der Waals surface area contributed by atoms with Crippen molar-refractivity contribution in [3.63, 3.8) is 0 Å². The molecule has 0 aromatic heterocycles. The number of phenolic OH excluding ortho intramolecular Hbond substituents is 1. The van der Waals surface area contributed by atoms with Crippen molar-refractivity contribution < 1.29 is 19.5 Å². The van der Waals surface area contributed by atoms with Crippen LogP contribution < -0.4 is 16.1 Å². The summed E-state index contributed by atoms with van der Waals surface area (Å²) in [5, 5.41) is 19.3. The Bertz CT molecular complexity index is 1200. The van der Waals surface area contributed by atoms with Crippen molar-refractivity contribution in [3.8, 4) is 5.75 Å². The van der Waals surface area contributed by atoms with Gasteiger partial charge in [-0.3, -0.25) is 14.4 Å². The van der Waals surface area contributed by atoms with E-state index in [-0.39, 0.29) is 22.6 Å². The fourth-order valence-corrected chi connectivity index (χ4v) is 2.85. The third kappa shape index (κ3) is 6.07. The minimum Gasteiger partial charge on any atom is -0.507 e. The van der Waals surface area contributed by atoms with Gasteiger partial charge in [0.25, 0.3) is 5.91 Å². The first-order valence-electron chi connectivity index (χ1n) is 9.12. The normalized spacial score (nSPS) is 10.6. The van der Waals surface area contributed by atoms with E-state index in [0.29, 0.717) is 15.7 Å². The van der Waals surface area contributed by atoms with E-state index in [1.165, 1.54) is 30.3 Å². The van der Waals surface area contributed by atoms with Gasteiger partial charge >= 0.3 is 11.8 Å². The largest absolute Gasteiger partial charge is 0.507 e. The molecule has 32 heavy (non-hydrogen) atoms. The molecule has 0 atom stereocenters. The van der Waals surface area contributed by atoms with Crippen LogP contribution in [-0.4, -0.2) is 29.0 Å². The average molecular weight is 471 g/mol. The van der Waals surface area contributed by atoms with E-state index in [1.54, 1.807) is 36.4 Å². The van der Waals surface area contributed by atoms with Gasteiger partial charge in [-0.15, -0.1) is 0 Å². The molecule has 3 aromatic rings. The molecule has 0 radical (unpaired) electrons. The summed E-state index contributed by atoms with van der Waals surface area (Å²) in [6.07, 6.45) is 1.14. The van der Waals surface area contributed by atoms with Gasteiger partial charge in [0.2, 0.25) is 0 Å². The van der Waals surface area contributed by atoms with Crippen LogP contribution in [0.25, 0.3) is 0 Å². The van der Waals surface area contributed by atoms with Gasteiger partial charge in [0.05, 0.1) is 17.5 Å². The Morgan fingerprint density at radius 1 is 0.844 bits per heavy atom. The predicted molar refractivity (Wildman–Crippen MR) is 123 cm³/mol. The lowest BCUT2D eigenvalue weighted by molar-refractivity contribution is -0.136. The second-order valence-electron chi connectivity index (χ2n) is 6.36. The van der Waals surface area contributed by atoms with Gasteiger partial charge in [-0.2, -0.15) is 5.10 Å². The average Bonchev–Trinajstić information content (AvgIpc) is 2.78. The van der Waals surface area contributed by atoms with E-state index in [4.69, 9.17) is 23.2 Å². The summed E-state index contributed by atoms with van der Waals surface area (Å²) < 4.78 is 0. The molecule has 0 spiro atoms. The molecule has 0 saturated heterocycles. The van der Waals surface area contributed by atoms with Gasteiger partial charge in [-0.25, -0.2) is 5.43 Å². The lowest BCUT2D eigenvalue weighted by Gasteiger charge is -2.11. The zero-order chi connectivity index (χ0) is 23.1. The first kappa shape index (κ1) is 22.8. The van der Waals surface area contributed by atoms with E-state index in [2.05, 4.69) is 15.7 Å². The number of nitrogens with zero attached hydrogens (tertiary/aromatic N) is 1. The highest BCUT2D eigenvalue weighted by molar-refractivity contribution is 6.40. The number of rotatable bonds is 5. The summed E-state index contributed by atoms with van der Waals surface area (Å²) in [6.45, 7) is 0. The molecule has 0 aliphatic carbocycles. The predicted octanol–water partition coefficient (Wildman–Crippen LogP) is 4.04. The molecular weight excluding hydrogens is 455 g/mol. The van der Waals surface area contributed by atoms with Crippen molar-refractivity contribution in [1.82, 2.24) is 5.43 Å². The third-order valence-electron chi connectivity index (χ3n) is 4.09. The molecule has 0 aliphatic rings. The number of halogens is 2. The highest BCUT2D eigenvalue weighted by Crippen LogP contribution is 2.20. The van der Waals surface area contributed by atoms with Crippen LogP contribution in [0.4, 0.5) is 11.4 Å². The summed E-state index contributed by atoms with van der Waals surface area (Å²) in [4.78, 5) is 36.9. The van der Waals surface area contributed by atoms with E-state index in [9.17, 15) is 19.5 Å². The van der Waals surface area contributed by atoms with Crippen molar-refractivity contribution in [2.45, 2.75) is 0 Å². The van der Waals surface area contributed by atoms with Gasteiger partial charge in [0.15, 0.2) is 0 Å². The van der Waals surface area contributed by atoms with Crippen molar-refractivity contribution in [3.05, 3.63) is 87.9 Å². The standard InChI is InChI=1S/C22H16Cl2N4O4/c23-14-5-8-16(9-6-14)26-20(30)17-3-1-2-4-18(17)27-21(31)22(32)28-25-12-13-11-15(24)7-10-19(13)29/h1-12,29H,(H,26,30)(H,27,31)(H,28,32). The minimum atomic E-state index is -1.07. The van der Waals surface area contributed by atoms with Gasteiger partial charge in [0.1, 0.15) is 5.75 Å². The van der Waals surface area contributed by atoms with E-state index in [1.807, 2.05) is 5.43 Å². The second kappa shape index (κ2) is 10.4. The maximum atomic E-state index is 12.6. The summed E-state index contributed by atoms with van der Waals surface area (Å²) in [7, 11) is 0. The van der Waals surface area contributed by atoms with Crippen LogP contribution in [0.3, 0.4) is 0 Å². The Kier molecular flexibility index (Phi) is 7.43. The number of hydrogen-bond donors (Lipinski definition) is 4. The van der Waals surface area contributed by atoms with Crippen LogP contribution in [0.5, 0.6) is 5.75 Å². The number of aromatic hydroxyl groups is 1. The Labute approximate surface area is 192 Å². The molecule has 4 N–H and O–H groups in total. The molecule has 3 aromatic carbocycles. The molecule has 8 nitrogen and oxygen atoms in total. The Hall–Kier alpha value is -3.88. The molecule has 3 amide bonds. The highest BCUT2D eigenvalue weighted by Gasteiger charge is 2.18. The first-order chi connectivity index (χ1) is 15.3. The first-order valence-corrected chi connectivity index (χ1v) is 9.88. The number of nitrogens with one attached hydrogen (secondary N) is 3. The van der Waals surface area contributed by atoms with E-state index in [0.717, 1.165) is 6.21 Å². The maximum absolute atomic E-state index is 12.6. The van der Waals surface area contributed by atoms with Crippen LogP contribution in [-0.2, 0) is 9.59 Å².